The molecule has 1 unspecified atom stereocenters. The summed E-state index contributed by atoms with van der Waals surface area (Å²) in [6, 6.07) is 7.13. The first-order chi connectivity index (χ1) is 11.7. The van der Waals surface area contributed by atoms with Crippen molar-refractivity contribution in [2.45, 2.75) is 18.6 Å². The van der Waals surface area contributed by atoms with Gasteiger partial charge in [-0.3, -0.25) is 14.6 Å². The predicted octanol–water partition coefficient (Wildman–Crippen LogP) is 1.23. The summed E-state index contributed by atoms with van der Waals surface area (Å²) < 4.78 is 6.09. The molecule has 0 aliphatic carbocycles. The van der Waals surface area contributed by atoms with Gasteiger partial charge in [-0.15, -0.1) is 0 Å². The number of nitrogens with one attached hydrogen (secondary N) is 1. The van der Waals surface area contributed by atoms with Gasteiger partial charge in [0.15, 0.2) is 0 Å². The van der Waals surface area contributed by atoms with Crippen molar-refractivity contribution in [1.82, 2.24) is 20.2 Å². The second-order valence-electron chi connectivity index (χ2n) is 5.97. The van der Waals surface area contributed by atoms with Crippen molar-refractivity contribution < 1.29 is 14.3 Å². The Morgan fingerprint density at radius 3 is 3.00 bits per heavy atom. The topological polar surface area (TPSA) is 84.4 Å². The first kappa shape index (κ1) is 14.6. The fourth-order valence-electron chi connectivity index (χ4n) is 3.21. The van der Waals surface area contributed by atoms with Crippen molar-refractivity contribution in [3.05, 3.63) is 54.1 Å². The number of hydrogen-bond acceptors (Lipinski definition) is 5. The van der Waals surface area contributed by atoms with Gasteiger partial charge in [-0.05, 0) is 18.6 Å². The first-order valence-corrected chi connectivity index (χ1v) is 7.83. The van der Waals surface area contributed by atoms with E-state index in [-0.39, 0.29) is 24.1 Å². The minimum atomic E-state index is -0.887. The molecule has 0 saturated carbocycles. The van der Waals surface area contributed by atoms with E-state index in [1.165, 1.54) is 18.6 Å². The van der Waals surface area contributed by atoms with Gasteiger partial charge >= 0.3 is 0 Å². The van der Waals surface area contributed by atoms with Gasteiger partial charge < -0.3 is 15.0 Å². The van der Waals surface area contributed by atoms with Gasteiger partial charge in [0.25, 0.3) is 11.8 Å². The zero-order valence-electron chi connectivity index (χ0n) is 12.9. The smallest absolute Gasteiger partial charge is 0.274 e. The van der Waals surface area contributed by atoms with Crippen LogP contribution in [0.3, 0.4) is 0 Å². The van der Waals surface area contributed by atoms with E-state index in [2.05, 4.69) is 15.3 Å². The molecule has 0 bridgehead atoms. The number of rotatable bonds is 1. The normalized spacial score (nSPS) is 22.5. The van der Waals surface area contributed by atoms with E-state index >= 15 is 0 Å². The molecular formula is C17H16N4O3. The van der Waals surface area contributed by atoms with Crippen LogP contribution in [0.15, 0.2) is 42.9 Å². The number of aromatic nitrogens is 2. The van der Waals surface area contributed by atoms with Crippen LogP contribution >= 0.6 is 0 Å². The summed E-state index contributed by atoms with van der Waals surface area (Å²) in [5, 5.41) is 2.93. The summed E-state index contributed by atoms with van der Waals surface area (Å²) in [6.07, 6.45) is 5.84. The maximum atomic E-state index is 12.6. The summed E-state index contributed by atoms with van der Waals surface area (Å²) in [7, 11) is 0. The highest BCUT2D eigenvalue weighted by Crippen LogP contribution is 2.32. The first-order valence-electron chi connectivity index (χ1n) is 7.83. The highest BCUT2D eigenvalue weighted by atomic mass is 16.5. The number of para-hydroxylation sites is 1. The van der Waals surface area contributed by atoms with Crippen LogP contribution in [0.4, 0.5) is 0 Å². The molecule has 1 aromatic heterocycles. The van der Waals surface area contributed by atoms with Crippen molar-refractivity contribution in [1.29, 1.82) is 0 Å². The summed E-state index contributed by atoms with van der Waals surface area (Å²) in [4.78, 5) is 34.6. The highest BCUT2D eigenvalue weighted by molar-refractivity contribution is 5.98. The van der Waals surface area contributed by atoms with Crippen LogP contribution < -0.4 is 10.1 Å². The van der Waals surface area contributed by atoms with Gasteiger partial charge in [-0.2, -0.15) is 0 Å². The lowest BCUT2D eigenvalue weighted by atomic mass is 9.97. The van der Waals surface area contributed by atoms with Gasteiger partial charge in [-0.25, -0.2) is 4.98 Å². The minimum absolute atomic E-state index is 0.175. The number of hydrogen-bond donors (Lipinski definition) is 1. The Labute approximate surface area is 138 Å². The Bertz CT molecular complexity index is 795. The van der Waals surface area contributed by atoms with E-state index in [0.29, 0.717) is 24.3 Å². The zero-order chi connectivity index (χ0) is 16.6. The summed E-state index contributed by atoms with van der Waals surface area (Å²) in [6.45, 7) is 0.876. The number of likely N-dealkylation sites (tertiary alicyclic amines) is 1. The number of fused-ring (bicyclic) bond motifs is 1. The number of carbonyl (C=O) groups is 2. The molecule has 1 aromatic carbocycles. The third kappa shape index (κ3) is 2.47. The molecule has 1 saturated heterocycles. The maximum absolute atomic E-state index is 12.6. The number of ether oxygens (including phenoxy) is 1. The molecule has 24 heavy (non-hydrogen) atoms. The zero-order valence-corrected chi connectivity index (χ0v) is 12.9. The third-order valence-electron chi connectivity index (χ3n) is 4.30. The van der Waals surface area contributed by atoms with Crippen molar-refractivity contribution >= 4 is 11.8 Å². The molecule has 3 heterocycles. The van der Waals surface area contributed by atoms with Gasteiger partial charge in [-0.1, -0.05) is 12.1 Å². The molecule has 1 fully saturated rings. The largest absolute Gasteiger partial charge is 0.465 e. The number of carbonyl (C=O) groups excluding carboxylic acids is 2. The molecule has 4 rings (SSSR count). The van der Waals surface area contributed by atoms with Crippen LogP contribution in [0.2, 0.25) is 0 Å². The van der Waals surface area contributed by atoms with Crippen molar-refractivity contribution in [2.75, 3.05) is 13.1 Å². The SMILES string of the molecule is O=C1NC2(CCCN(C(=O)c3cnccn3)C2)Oc2ccccc21. The molecule has 2 aliphatic heterocycles. The van der Waals surface area contributed by atoms with E-state index in [9.17, 15) is 9.59 Å². The average molecular weight is 324 g/mol. The molecule has 7 heteroatoms. The molecule has 0 radical (unpaired) electrons. The van der Waals surface area contributed by atoms with Crippen molar-refractivity contribution in [3.8, 4) is 5.75 Å². The van der Waals surface area contributed by atoms with Crippen LogP contribution in [0.25, 0.3) is 0 Å². The lowest BCUT2D eigenvalue weighted by Gasteiger charge is -2.45. The Morgan fingerprint density at radius 2 is 2.17 bits per heavy atom. The van der Waals surface area contributed by atoms with Crippen LogP contribution in [0.1, 0.15) is 33.7 Å². The number of piperidine rings is 1. The summed E-state index contributed by atoms with van der Waals surface area (Å²) in [5.41, 5.74) is -0.0840. The molecule has 1 atom stereocenters. The van der Waals surface area contributed by atoms with Crippen molar-refractivity contribution in [2.24, 2.45) is 0 Å². The minimum Gasteiger partial charge on any atom is -0.465 e. The average Bonchev–Trinajstić information content (AvgIpc) is 2.62. The van der Waals surface area contributed by atoms with E-state index < -0.39 is 5.72 Å². The van der Waals surface area contributed by atoms with Gasteiger partial charge in [0.05, 0.1) is 18.3 Å². The van der Waals surface area contributed by atoms with Crippen LogP contribution in [-0.2, 0) is 0 Å². The van der Waals surface area contributed by atoms with Crippen LogP contribution in [-0.4, -0.2) is 45.5 Å². The molecule has 7 nitrogen and oxygen atoms in total. The third-order valence-corrected chi connectivity index (χ3v) is 4.30. The number of nitrogens with zero attached hydrogens (tertiary/aromatic N) is 3. The molecule has 2 aliphatic rings. The fraction of sp³-hybridized carbons (Fsp3) is 0.294. The van der Waals surface area contributed by atoms with Gasteiger partial charge in [0.2, 0.25) is 5.72 Å². The monoisotopic (exact) mass is 324 g/mol. The lowest BCUT2D eigenvalue weighted by molar-refractivity contribution is -0.0315. The number of benzene rings is 1. The van der Waals surface area contributed by atoms with Crippen LogP contribution in [0.5, 0.6) is 5.75 Å². The molecule has 1 N–H and O–H groups in total. The quantitative estimate of drug-likeness (QED) is 0.853. The summed E-state index contributed by atoms with van der Waals surface area (Å²) in [5.74, 6) is 0.166. The Morgan fingerprint density at radius 1 is 1.29 bits per heavy atom. The van der Waals surface area contributed by atoms with Crippen molar-refractivity contribution in [3.63, 3.8) is 0 Å². The van der Waals surface area contributed by atoms with E-state index in [1.54, 1.807) is 23.1 Å². The molecule has 122 valence electrons. The van der Waals surface area contributed by atoms with E-state index in [0.717, 1.165) is 6.42 Å². The van der Waals surface area contributed by atoms with Crippen LogP contribution in [0, 0.1) is 0 Å². The highest BCUT2D eigenvalue weighted by Gasteiger charge is 2.44. The Kier molecular flexibility index (Phi) is 3.41. The molecule has 2 aromatic rings. The molecule has 2 amide bonds. The summed E-state index contributed by atoms with van der Waals surface area (Å²) >= 11 is 0. The van der Waals surface area contributed by atoms with Gasteiger partial charge in [0.1, 0.15) is 11.4 Å². The fourth-order valence-corrected chi connectivity index (χ4v) is 3.21. The standard InChI is InChI=1S/C17H16N4O3/c22-15-12-4-1-2-5-14(12)24-17(20-15)6-3-9-21(11-17)16(23)13-10-18-7-8-19-13/h1-2,4-5,7-8,10H,3,6,9,11H2,(H,20,22). The Balaban J connectivity index is 1.59. The Hall–Kier alpha value is -2.96. The second kappa shape index (κ2) is 5.59. The lowest BCUT2D eigenvalue weighted by Crippen LogP contribution is -2.64. The van der Waals surface area contributed by atoms with E-state index in [1.807, 2.05) is 6.07 Å². The molecule has 1 spiro atoms. The molecular weight excluding hydrogens is 308 g/mol. The number of amides is 2. The predicted molar refractivity (Wildman–Crippen MR) is 84.4 cm³/mol. The second-order valence-corrected chi connectivity index (χ2v) is 5.97. The maximum Gasteiger partial charge on any atom is 0.274 e. The van der Waals surface area contributed by atoms with E-state index in [4.69, 9.17) is 4.74 Å². The van der Waals surface area contributed by atoms with Gasteiger partial charge in [0, 0.05) is 25.4 Å².